The lowest BCUT2D eigenvalue weighted by Gasteiger charge is -2.27. The van der Waals surface area contributed by atoms with E-state index in [4.69, 9.17) is 9.84 Å². The summed E-state index contributed by atoms with van der Waals surface area (Å²) in [5.74, 6) is -1.40. The van der Waals surface area contributed by atoms with Gasteiger partial charge in [-0.1, -0.05) is 60.7 Å². The van der Waals surface area contributed by atoms with Gasteiger partial charge in [0.15, 0.2) is 0 Å². The third-order valence-corrected chi connectivity index (χ3v) is 6.19. The molecule has 0 aromatic heterocycles. The van der Waals surface area contributed by atoms with E-state index < -0.39 is 12.1 Å². The van der Waals surface area contributed by atoms with Crippen LogP contribution in [-0.2, 0) is 9.53 Å². The number of carbonyl (C=O) groups excluding carboxylic acids is 2. The number of carbonyl (C=O) groups is 3. The van der Waals surface area contributed by atoms with E-state index in [0.29, 0.717) is 5.69 Å². The third kappa shape index (κ3) is 5.19. The number of aliphatic carboxylic acids is 1. The fourth-order valence-electron chi connectivity index (χ4n) is 4.49. The van der Waals surface area contributed by atoms with Gasteiger partial charge in [-0.05, 0) is 48.2 Å². The van der Waals surface area contributed by atoms with Gasteiger partial charge in [0.2, 0.25) is 0 Å². The van der Waals surface area contributed by atoms with E-state index in [1.165, 1.54) is 4.90 Å². The summed E-state index contributed by atoms with van der Waals surface area (Å²) in [5, 5.41) is 11.7. The molecule has 35 heavy (non-hydrogen) atoms. The number of anilines is 1. The quantitative estimate of drug-likeness (QED) is 0.459. The molecule has 4 rings (SSSR count). The van der Waals surface area contributed by atoms with Crippen molar-refractivity contribution in [2.75, 3.05) is 18.5 Å². The predicted octanol–water partition coefficient (Wildman–Crippen LogP) is 5.37. The van der Waals surface area contributed by atoms with Gasteiger partial charge in [-0.25, -0.2) is 4.79 Å². The summed E-state index contributed by atoms with van der Waals surface area (Å²) >= 11 is 0. The smallest absolute Gasteiger partial charge is 0.411 e. The molecule has 2 N–H and O–H groups in total. The second-order valence-electron chi connectivity index (χ2n) is 8.73. The number of benzene rings is 3. The first kappa shape index (κ1) is 24.0. The van der Waals surface area contributed by atoms with Gasteiger partial charge >= 0.3 is 12.1 Å². The Labute approximate surface area is 204 Å². The first-order chi connectivity index (χ1) is 16.9. The monoisotopic (exact) mass is 472 g/mol. The molecule has 0 fully saturated rings. The standard InChI is InChI=1S/C28H28N2O5/c1-18(2)30(16-15-26(31)32)27(33)23-13-7-8-14-25(23)29-28(34)35-17-24-21-11-5-3-9-19(21)20-10-4-6-12-22(20)24/h3-14,18,24H,15-17H2,1-2H3,(H,29,34)(H,31,32). The van der Waals surface area contributed by atoms with Crippen molar-refractivity contribution < 1.29 is 24.2 Å². The maximum Gasteiger partial charge on any atom is 0.411 e. The highest BCUT2D eigenvalue weighted by Crippen LogP contribution is 2.44. The lowest BCUT2D eigenvalue weighted by Crippen LogP contribution is -2.39. The number of rotatable bonds is 8. The molecule has 180 valence electrons. The minimum atomic E-state index is -0.978. The van der Waals surface area contributed by atoms with Crippen molar-refractivity contribution in [1.29, 1.82) is 0 Å². The van der Waals surface area contributed by atoms with Crippen molar-refractivity contribution in [3.8, 4) is 11.1 Å². The molecule has 0 aliphatic heterocycles. The van der Waals surface area contributed by atoms with E-state index >= 15 is 0 Å². The van der Waals surface area contributed by atoms with E-state index in [-0.39, 0.29) is 43.0 Å². The fraction of sp³-hybridized carbons (Fsp3) is 0.250. The van der Waals surface area contributed by atoms with Crippen LogP contribution in [0.1, 0.15) is 47.7 Å². The first-order valence-corrected chi connectivity index (χ1v) is 11.6. The zero-order valence-electron chi connectivity index (χ0n) is 19.7. The molecule has 0 unspecified atom stereocenters. The summed E-state index contributed by atoms with van der Waals surface area (Å²) in [6.07, 6.45) is -0.819. The topological polar surface area (TPSA) is 95.9 Å². The molecule has 1 aliphatic rings. The van der Waals surface area contributed by atoms with Gasteiger partial charge in [0.25, 0.3) is 5.91 Å². The number of para-hydroxylation sites is 1. The van der Waals surface area contributed by atoms with Gasteiger partial charge in [0.1, 0.15) is 6.61 Å². The zero-order chi connectivity index (χ0) is 24.9. The molecule has 0 heterocycles. The molecule has 0 atom stereocenters. The summed E-state index contributed by atoms with van der Waals surface area (Å²) in [5.41, 5.74) is 5.10. The molecular weight excluding hydrogens is 444 g/mol. The Morgan fingerprint density at radius 3 is 2.09 bits per heavy atom. The van der Waals surface area contributed by atoms with Gasteiger partial charge in [-0.15, -0.1) is 0 Å². The maximum absolute atomic E-state index is 13.2. The molecular formula is C28H28N2O5. The lowest BCUT2D eigenvalue weighted by atomic mass is 9.98. The predicted molar refractivity (Wildman–Crippen MR) is 134 cm³/mol. The number of carboxylic acids is 1. The van der Waals surface area contributed by atoms with Gasteiger partial charge in [-0.3, -0.25) is 14.9 Å². The number of nitrogens with zero attached hydrogens (tertiary/aromatic N) is 1. The van der Waals surface area contributed by atoms with Crippen LogP contribution in [-0.4, -0.2) is 47.2 Å². The highest BCUT2D eigenvalue weighted by atomic mass is 16.5. The van der Waals surface area contributed by atoms with Crippen LogP contribution in [0.4, 0.5) is 10.5 Å². The third-order valence-electron chi connectivity index (χ3n) is 6.19. The lowest BCUT2D eigenvalue weighted by molar-refractivity contribution is -0.137. The summed E-state index contributed by atoms with van der Waals surface area (Å²) in [6, 6.07) is 22.6. The highest BCUT2D eigenvalue weighted by Gasteiger charge is 2.29. The van der Waals surface area contributed by atoms with E-state index in [0.717, 1.165) is 22.3 Å². The molecule has 3 aromatic rings. The summed E-state index contributed by atoms with van der Waals surface area (Å²) in [7, 11) is 0. The minimum Gasteiger partial charge on any atom is -0.481 e. The van der Waals surface area contributed by atoms with Crippen LogP contribution in [0.15, 0.2) is 72.8 Å². The number of amides is 2. The molecule has 0 saturated carbocycles. The normalized spacial score (nSPS) is 12.1. The van der Waals surface area contributed by atoms with Crippen molar-refractivity contribution >= 4 is 23.7 Å². The molecule has 3 aromatic carbocycles. The second-order valence-corrected chi connectivity index (χ2v) is 8.73. The Morgan fingerprint density at radius 1 is 0.914 bits per heavy atom. The molecule has 1 aliphatic carbocycles. The number of nitrogens with one attached hydrogen (secondary N) is 1. The largest absolute Gasteiger partial charge is 0.481 e. The summed E-state index contributed by atoms with van der Waals surface area (Å²) < 4.78 is 5.61. The Hall–Kier alpha value is -4.13. The fourth-order valence-corrected chi connectivity index (χ4v) is 4.49. The van der Waals surface area contributed by atoms with Crippen molar-refractivity contribution in [2.24, 2.45) is 0 Å². The summed E-state index contributed by atoms with van der Waals surface area (Å²) in [6.45, 7) is 3.88. The maximum atomic E-state index is 13.2. The van der Waals surface area contributed by atoms with Crippen LogP contribution in [0.2, 0.25) is 0 Å². The first-order valence-electron chi connectivity index (χ1n) is 11.6. The van der Waals surface area contributed by atoms with Crippen molar-refractivity contribution in [1.82, 2.24) is 4.90 Å². The Kier molecular flexibility index (Phi) is 7.15. The van der Waals surface area contributed by atoms with Crippen molar-refractivity contribution in [3.63, 3.8) is 0 Å². The summed E-state index contributed by atoms with van der Waals surface area (Å²) in [4.78, 5) is 38.4. The Morgan fingerprint density at radius 2 is 1.49 bits per heavy atom. The number of fused-ring (bicyclic) bond motifs is 3. The number of hydrogen-bond acceptors (Lipinski definition) is 4. The van der Waals surface area contributed by atoms with Crippen LogP contribution < -0.4 is 5.32 Å². The number of hydrogen-bond donors (Lipinski definition) is 2. The Balaban J connectivity index is 1.47. The van der Waals surface area contributed by atoms with Crippen LogP contribution >= 0.6 is 0 Å². The van der Waals surface area contributed by atoms with Crippen molar-refractivity contribution in [3.05, 3.63) is 89.5 Å². The molecule has 2 amide bonds. The SMILES string of the molecule is CC(C)N(CCC(=O)O)C(=O)c1ccccc1NC(=O)OCC1c2ccccc2-c2ccccc21. The second kappa shape index (κ2) is 10.4. The van der Waals surface area contributed by atoms with Gasteiger partial charge in [-0.2, -0.15) is 0 Å². The average molecular weight is 473 g/mol. The Bertz CT molecular complexity index is 1210. The zero-order valence-corrected chi connectivity index (χ0v) is 19.7. The molecule has 0 spiro atoms. The molecule has 0 radical (unpaired) electrons. The van der Waals surface area contributed by atoms with E-state index in [1.54, 1.807) is 24.3 Å². The van der Waals surface area contributed by atoms with Crippen LogP contribution in [0.3, 0.4) is 0 Å². The molecule has 0 saturated heterocycles. The van der Waals surface area contributed by atoms with Gasteiger partial charge < -0.3 is 14.7 Å². The molecule has 7 nitrogen and oxygen atoms in total. The number of ether oxygens (including phenoxy) is 1. The van der Waals surface area contributed by atoms with Crippen LogP contribution in [0.5, 0.6) is 0 Å². The van der Waals surface area contributed by atoms with Gasteiger partial charge in [0.05, 0.1) is 17.7 Å². The van der Waals surface area contributed by atoms with Crippen LogP contribution in [0.25, 0.3) is 11.1 Å². The van der Waals surface area contributed by atoms with E-state index in [9.17, 15) is 14.4 Å². The molecule has 0 bridgehead atoms. The van der Waals surface area contributed by atoms with E-state index in [1.807, 2.05) is 50.2 Å². The minimum absolute atomic E-state index is 0.0718. The highest BCUT2D eigenvalue weighted by molar-refractivity contribution is 6.02. The van der Waals surface area contributed by atoms with Crippen LogP contribution in [0, 0.1) is 0 Å². The van der Waals surface area contributed by atoms with Gasteiger partial charge in [0, 0.05) is 18.5 Å². The van der Waals surface area contributed by atoms with E-state index in [2.05, 4.69) is 17.4 Å². The number of carboxylic acid groups (broad SMARTS) is 1. The molecule has 7 heteroatoms. The van der Waals surface area contributed by atoms with Crippen molar-refractivity contribution in [2.45, 2.75) is 32.2 Å². The average Bonchev–Trinajstić information content (AvgIpc) is 3.16.